The fourth-order valence-electron chi connectivity index (χ4n) is 1.59. The molecule has 1 aromatic heterocycles. The van der Waals surface area contributed by atoms with Gasteiger partial charge in [0.1, 0.15) is 16.8 Å². The molecule has 1 rings (SSSR count). The molecule has 0 saturated heterocycles. The molecule has 3 nitrogen and oxygen atoms in total. The third-order valence-electron chi connectivity index (χ3n) is 2.95. The highest BCUT2D eigenvalue weighted by Gasteiger charge is 2.13. The summed E-state index contributed by atoms with van der Waals surface area (Å²) in [6.45, 7) is 10.4. The van der Waals surface area contributed by atoms with Gasteiger partial charge in [-0.2, -0.15) is 0 Å². The average Bonchev–Trinajstić information content (AvgIpc) is 2.30. The van der Waals surface area contributed by atoms with E-state index in [4.69, 9.17) is 11.6 Å². The first-order valence-electron chi connectivity index (χ1n) is 6.30. The van der Waals surface area contributed by atoms with Crippen LogP contribution in [0.1, 0.15) is 57.8 Å². The number of hydrogen-bond acceptors (Lipinski definition) is 3. The molecule has 1 N–H and O–H groups in total. The van der Waals surface area contributed by atoms with Gasteiger partial charge in [0.15, 0.2) is 0 Å². The first kappa shape index (κ1) is 14.2. The van der Waals surface area contributed by atoms with Gasteiger partial charge in [0, 0.05) is 17.5 Å². The number of anilines is 1. The Morgan fingerprint density at radius 1 is 1.18 bits per heavy atom. The van der Waals surface area contributed by atoms with Crippen LogP contribution in [0.15, 0.2) is 0 Å². The Labute approximate surface area is 109 Å². The molecule has 0 radical (unpaired) electrons. The van der Waals surface area contributed by atoms with E-state index in [9.17, 15) is 0 Å². The zero-order valence-corrected chi connectivity index (χ0v) is 12.1. The van der Waals surface area contributed by atoms with E-state index in [2.05, 4.69) is 43.0 Å². The molecular formula is C13H22ClN3. The van der Waals surface area contributed by atoms with Crippen molar-refractivity contribution in [2.24, 2.45) is 0 Å². The molecule has 0 atom stereocenters. The second-order valence-electron chi connectivity index (χ2n) is 4.66. The lowest BCUT2D eigenvalue weighted by molar-refractivity contribution is 0.664. The van der Waals surface area contributed by atoms with Crippen molar-refractivity contribution >= 4 is 17.4 Å². The summed E-state index contributed by atoms with van der Waals surface area (Å²) >= 11 is 6.14. The maximum atomic E-state index is 6.14. The van der Waals surface area contributed by atoms with Crippen LogP contribution in [0.2, 0.25) is 5.15 Å². The SMILES string of the molecule is CCC(CC)Nc1nc(C(C)C)nc(Cl)c1C. The van der Waals surface area contributed by atoms with Crippen LogP contribution in [-0.2, 0) is 0 Å². The number of rotatable bonds is 5. The Balaban J connectivity index is 3.05. The molecule has 0 aliphatic heterocycles. The number of halogens is 1. The van der Waals surface area contributed by atoms with Gasteiger partial charge in [-0.25, -0.2) is 9.97 Å². The lowest BCUT2D eigenvalue weighted by Gasteiger charge is -2.18. The predicted molar refractivity (Wildman–Crippen MR) is 73.9 cm³/mol. The van der Waals surface area contributed by atoms with Gasteiger partial charge in [-0.3, -0.25) is 0 Å². The first-order chi connectivity index (χ1) is 7.99. The molecule has 4 heteroatoms. The van der Waals surface area contributed by atoms with E-state index in [1.54, 1.807) is 0 Å². The van der Waals surface area contributed by atoms with Gasteiger partial charge in [-0.15, -0.1) is 0 Å². The second kappa shape index (κ2) is 6.20. The molecule has 17 heavy (non-hydrogen) atoms. The summed E-state index contributed by atoms with van der Waals surface area (Å²) < 4.78 is 0. The van der Waals surface area contributed by atoms with E-state index in [0.29, 0.717) is 11.2 Å². The van der Waals surface area contributed by atoms with E-state index in [-0.39, 0.29) is 5.92 Å². The van der Waals surface area contributed by atoms with Gasteiger partial charge in [0.05, 0.1) is 0 Å². The molecule has 96 valence electrons. The van der Waals surface area contributed by atoms with Crippen LogP contribution in [0.4, 0.5) is 5.82 Å². The van der Waals surface area contributed by atoms with E-state index in [0.717, 1.165) is 30.0 Å². The normalized spacial score (nSPS) is 11.3. The lowest BCUT2D eigenvalue weighted by Crippen LogP contribution is -2.19. The summed E-state index contributed by atoms with van der Waals surface area (Å²) in [4.78, 5) is 8.87. The molecule has 0 saturated carbocycles. The van der Waals surface area contributed by atoms with Crippen molar-refractivity contribution in [2.45, 2.75) is 59.4 Å². The second-order valence-corrected chi connectivity index (χ2v) is 5.02. The van der Waals surface area contributed by atoms with Crippen molar-refractivity contribution in [1.29, 1.82) is 0 Å². The Hall–Kier alpha value is -0.830. The molecule has 0 spiro atoms. The quantitative estimate of drug-likeness (QED) is 0.803. The van der Waals surface area contributed by atoms with E-state index >= 15 is 0 Å². The average molecular weight is 256 g/mol. The summed E-state index contributed by atoms with van der Waals surface area (Å²) in [7, 11) is 0. The maximum Gasteiger partial charge on any atom is 0.137 e. The van der Waals surface area contributed by atoms with Gasteiger partial charge in [0.25, 0.3) is 0 Å². The molecule has 0 bridgehead atoms. The highest BCUT2D eigenvalue weighted by atomic mass is 35.5. The maximum absolute atomic E-state index is 6.14. The first-order valence-corrected chi connectivity index (χ1v) is 6.67. The highest BCUT2D eigenvalue weighted by Crippen LogP contribution is 2.24. The minimum atomic E-state index is 0.287. The van der Waals surface area contributed by atoms with E-state index in [1.165, 1.54) is 0 Å². The summed E-state index contributed by atoms with van der Waals surface area (Å²) in [5.41, 5.74) is 0.933. The Bertz CT molecular complexity index is 373. The molecule has 0 aliphatic carbocycles. The number of aromatic nitrogens is 2. The summed E-state index contributed by atoms with van der Waals surface area (Å²) in [5, 5.41) is 4.00. The van der Waals surface area contributed by atoms with Crippen LogP contribution in [-0.4, -0.2) is 16.0 Å². The zero-order chi connectivity index (χ0) is 13.0. The van der Waals surface area contributed by atoms with Crippen molar-refractivity contribution in [2.75, 3.05) is 5.32 Å². The molecular weight excluding hydrogens is 234 g/mol. The lowest BCUT2D eigenvalue weighted by atomic mass is 10.1. The fourth-order valence-corrected chi connectivity index (χ4v) is 1.77. The zero-order valence-electron chi connectivity index (χ0n) is 11.3. The molecule has 0 amide bonds. The molecule has 0 fully saturated rings. The van der Waals surface area contributed by atoms with Crippen molar-refractivity contribution in [3.8, 4) is 0 Å². The molecule has 0 aromatic carbocycles. The van der Waals surface area contributed by atoms with Crippen LogP contribution < -0.4 is 5.32 Å². The van der Waals surface area contributed by atoms with E-state index < -0.39 is 0 Å². The monoisotopic (exact) mass is 255 g/mol. The minimum absolute atomic E-state index is 0.287. The van der Waals surface area contributed by atoms with Crippen molar-refractivity contribution < 1.29 is 0 Å². The van der Waals surface area contributed by atoms with Crippen molar-refractivity contribution in [1.82, 2.24) is 9.97 Å². The minimum Gasteiger partial charge on any atom is -0.367 e. The summed E-state index contributed by atoms with van der Waals surface area (Å²) in [6.07, 6.45) is 2.16. The fraction of sp³-hybridized carbons (Fsp3) is 0.692. The summed E-state index contributed by atoms with van der Waals surface area (Å²) in [6, 6.07) is 0.444. The molecule has 1 heterocycles. The standard InChI is InChI=1S/C13H22ClN3/c1-6-10(7-2)15-13-9(5)11(14)16-12(17-13)8(3)4/h8,10H,6-7H2,1-5H3,(H,15,16,17). The predicted octanol–water partition coefficient (Wildman–Crippen LogP) is 4.16. The Kier molecular flexibility index (Phi) is 5.19. The van der Waals surface area contributed by atoms with Crippen LogP contribution in [0.5, 0.6) is 0 Å². The summed E-state index contributed by atoms with van der Waals surface area (Å²) in [5.74, 6) is 1.96. The van der Waals surface area contributed by atoms with Crippen LogP contribution in [0.25, 0.3) is 0 Å². The number of nitrogens with one attached hydrogen (secondary N) is 1. The molecule has 0 aliphatic rings. The third-order valence-corrected chi connectivity index (χ3v) is 3.31. The third kappa shape index (κ3) is 3.56. The number of hydrogen-bond donors (Lipinski definition) is 1. The van der Waals surface area contributed by atoms with Gasteiger partial charge < -0.3 is 5.32 Å². The molecule has 1 aromatic rings. The largest absolute Gasteiger partial charge is 0.367 e. The van der Waals surface area contributed by atoms with Crippen LogP contribution in [0, 0.1) is 6.92 Å². The smallest absolute Gasteiger partial charge is 0.137 e. The van der Waals surface area contributed by atoms with Crippen LogP contribution in [0.3, 0.4) is 0 Å². The Morgan fingerprint density at radius 2 is 1.76 bits per heavy atom. The topological polar surface area (TPSA) is 37.8 Å². The number of nitrogens with zero attached hydrogens (tertiary/aromatic N) is 2. The molecule has 0 unspecified atom stereocenters. The van der Waals surface area contributed by atoms with Crippen LogP contribution >= 0.6 is 11.6 Å². The Morgan fingerprint density at radius 3 is 2.24 bits per heavy atom. The van der Waals surface area contributed by atoms with Gasteiger partial charge in [-0.1, -0.05) is 39.3 Å². The van der Waals surface area contributed by atoms with Gasteiger partial charge >= 0.3 is 0 Å². The van der Waals surface area contributed by atoms with E-state index in [1.807, 2.05) is 6.92 Å². The van der Waals surface area contributed by atoms with Crippen molar-refractivity contribution in [3.63, 3.8) is 0 Å². The van der Waals surface area contributed by atoms with Gasteiger partial charge in [0.2, 0.25) is 0 Å². The van der Waals surface area contributed by atoms with Gasteiger partial charge in [-0.05, 0) is 19.8 Å². The highest BCUT2D eigenvalue weighted by molar-refractivity contribution is 6.30. The van der Waals surface area contributed by atoms with Crippen molar-refractivity contribution in [3.05, 3.63) is 16.5 Å².